The summed E-state index contributed by atoms with van der Waals surface area (Å²) < 4.78 is 41.1. The Morgan fingerprint density at radius 1 is 1.56 bits per heavy atom. The molecule has 16 heavy (non-hydrogen) atoms. The average molecular weight is 237 g/mol. The van der Waals surface area contributed by atoms with E-state index in [1.165, 1.54) is 13.8 Å². The number of hydrogen-bond acceptors (Lipinski definition) is 3. The van der Waals surface area contributed by atoms with Gasteiger partial charge in [-0.3, -0.25) is 4.79 Å². The fourth-order valence-corrected chi connectivity index (χ4v) is 1.10. The number of carbonyl (C=O) groups is 1. The van der Waals surface area contributed by atoms with Gasteiger partial charge in [-0.2, -0.15) is 13.2 Å². The van der Waals surface area contributed by atoms with Gasteiger partial charge in [0.15, 0.2) is 0 Å². The third-order valence-corrected chi connectivity index (χ3v) is 2.05. The van der Waals surface area contributed by atoms with Crippen molar-refractivity contribution in [2.24, 2.45) is 5.92 Å². The Bertz CT molecular complexity index is 397. The topological polar surface area (TPSA) is 63.3 Å². The molecule has 1 aromatic heterocycles. The number of hydrogen-bond donors (Lipinski definition) is 1. The van der Waals surface area contributed by atoms with Crippen molar-refractivity contribution in [1.82, 2.24) is 4.98 Å². The molecule has 4 nitrogen and oxygen atoms in total. The molecular weight excluding hydrogens is 227 g/mol. The first kappa shape index (κ1) is 12.5. The van der Waals surface area contributed by atoms with Crippen LogP contribution in [0.1, 0.15) is 24.3 Å². The summed E-state index contributed by atoms with van der Waals surface area (Å²) in [5.41, 5.74) is 0.0698. The first-order chi connectivity index (χ1) is 7.21. The molecule has 0 spiro atoms. The summed E-state index contributed by atoms with van der Waals surface area (Å²) in [6, 6.07) is 0. The van der Waals surface area contributed by atoms with Gasteiger partial charge in [-0.15, -0.1) is 0 Å². The first-order valence-corrected chi connectivity index (χ1v) is 4.48. The van der Waals surface area contributed by atoms with E-state index in [4.69, 9.17) is 5.11 Å². The molecule has 0 aromatic carbocycles. The van der Waals surface area contributed by atoms with Crippen molar-refractivity contribution in [3.8, 4) is 0 Å². The molecule has 0 fully saturated rings. The monoisotopic (exact) mass is 237 g/mol. The van der Waals surface area contributed by atoms with E-state index in [1.807, 2.05) is 0 Å². The Balaban J connectivity index is 2.91. The lowest BCUT2D eigenvalue weighted by Crippen LogP contribution is -2.12. The van der Waals surface area contributed by atoms with Crippen LogP contribution in [0.3, 0.4) is 0 Å². The molecule has 90 valence electrons. The SMILES string of the molecule is Cc1nc(C(F)(F)F)oc1CC(C)C(=O)O. The number of carboxylic acid groups (broad SMARTS) is 1. The third kappa shape index (κ3) is 2.74. The normalized spacial score (nSPS) is 13.8. The Hall–Kier alpha value is -1.53. The molecule has 0 bridgehead atoms. The van der Waals surface area contributed by atoms with Crippen LogP contribution in [0.5, 0.6) is 0 Å². The van der Waals surface area contributed by atoms with Crippen LogP contribution in [0.2, 0.25) is 0 Å². The van der Waals surface area contributed by atoms with Gasteiger partial charge in [0.05, 0.1) is 11.6 Å². The van der Waals surface area contributed by atoms with Gasteiger partial charge in [-0.25, -0.2) is 4.98 Å². The lowest BCUT2D eigenvalue weighted by molar-refractivity contribution is -0.157. The molecule has 1 N–H and O–H groups in total. The van der Waals surface area contributed by atoms with Crippen molar-refractivity contribution in [2.45, 2.75) is 26.4 Å². The zero-order valence-electron chi connectivity index (χ0n) is 8.63. The van der Waals surface area contributed by atoms with Crippen molar-refractivity contribution in [3.05, 3.63) is 17.3 Å². The van der Waals surface area contributed by atoms with Crippen molar-refractivity contribution < 1.29 is 27.5 Å². The quantitative estimate of drug-likeness (QED) is 0.875. The summed E-state index contributed by atoms with van der Waals surface area (Å²) in [5, 5.41) is 8.62. The molecule has 0 saturated carbocycles. The van der Waals surface area contributed by atoms with E-state index in [2.05, 4.69) is 9.40 Å². The summed E-state index contributed by atoms with van der Waals surface area (Å²) in [7, 11) is 0. The van der Waals surface area contributed by atoms with Gasteiger partial charge >= 0.3 is 18.0 Å². The maximum atomic E-state index is 12.2. The number of aryl methyl sites for hydroxylation is 1. The van der Waals surface area contributed by atoms with Crippen LogP contribution in [-0.2, 0) is 17.4 Å². The van der Waals surface area contributed by atoms with Crippen LogP contribution in [-0.4, -0.2) is 16.1 Å². The van der Waals surface area contributed by atoms with Gasteiger partial charge in [0.25, 0.3) is 0 Å². The molecule has 0 aliphatic rings. The second kappa shape index (κ2) is 4.15. The van der Waals surface area contributed by atoms with Crippen molar-refractivity contribution in [1.29, 1.82) is 0 Å². The number of rotatable bonds is 3. The molecule has 1 unspecified atom stereocenters. The predicted octanol–water partition coefficient (Wildman–Crippen LogP) is 2.27. The zero-order valence-corrected chi connectivity index (χ0v) is 8.63. The van der Waals surface area contributed by atoms with Gasteiger partial charge in [0.2, 0.25) is 0 Å². The maximum absolute atomic E-state index is 12.2. The Morgan fingerprint density at radius 3 is 2.50 bits per heavy atom. The third-order valence-electron chi connectivity index (χ3n) is 2.05. The Labute approximate surface area is 89.1 Å². The van der Waals surface area contributed by atoms with E-state index >= 15 is 0 Å². The van der Waals surface area contributed by atoms with E-state index in [9.17, 15) is 18.0 Å². The summed E-state index contributed by atoms with van der Waals surface area (Å²) in [5.74, 6) is -3.28. The van der Waals surface area contributed by atoms with Crippen molar-refractivity contribution >= 4 is 5.97 Å². The number of aromatic nitrogens is 1. The average Bonchev–Trinajstić information content (AvgIpc) is 2.47. The van der Waals surface area contributed by atoms with Crippen LogP contribution >= 0.6 is 0 Å². The van der Waals surface area contributed by atoms with Gasteiger partial charge < -0.3 is 9.52 Å². The molecule has 0 saturated heterocycles. The van der Waals surface area contributed by atoms with E-state index in [0.29, 0.717) is 0 Å². The molecule has 7 heteroatoms. The van der Waals surface area contributed by atoms with E-state index < -0.39 is 24.0 Å². The highest BCUT2D eigenvalue weighted by molar-refractivity contribution is 5.69. The highest BCUT2D eigenvalue weighted by Gasteiger charge is 2.38. The van der Waals surface area contributed by atoms with Crippen LogP contribution < -0.4 is 0 Å². The van der Waals surface area contributed by atoms with Crippen LogP contribution in [0.25, 0.3) is 0 Å². The summed E-state index contributed by atoms with van der Waals surface area (Å²) in [6.07, 6.45) is -4.75. The summed E-state index contributed by atoms with van der Waals surface area (Å²) >= 11 is 0. The van der Waals surface area contributed by atoms with Gasteiger partial charge in [-0.1, -0.05) is 6.92 Å². The highest BCUT2D eigenvalue weighted by Crippen LogP contribution is 2.30. The van der Waals surface area contributed by atoms with Gasteiger partial charge in [-0.05, 0) is 6.92 Å². The lowest BCUT2D eigenvalue weighted by Gasteiger charge is -2.03. The summed E-state index contributed by atoms with van der Waals surface area (Å²) in [4.78, 5) is 13.7. The van der Waals surface area contributed by atoms with E-state index in [-0.39, 0.29) is 17.9 Å². The number of halogens is 3. The number of oxazole rings is 1. The number of carboxylic acids is 1. The van der Waals surface area contributed by atoms with Crippen LogP contribution in [0.4, 0.5) is 13.2 Å². The highest BCUT2D eigenvalue weighted by atomic mass is 19.4. The van der Waals surface area contributed by atoms with Crippen LogP contribution in [0.15, 0.2) is 4.42 Å². The maximum Gasteiger partial charge on any atom is 0.468 e. The second-order valence-corrected chi connectivity index (χ2v) is 3.47. The number of aliphatic carboxylic acids is 1. The minimum absolute atomic E-state index is 0.0396. The molecular formula is C9H10F3NO3. The minimum Gasteiger partial charge on any atom is -0.481 e. The fraction of sp³-hybridized carbons (Fsp3) is 0.556. The van der Waals surface area contributed by atoms with Gasteiger partial charge in [0, 0.05) is 6.42 Å². The van der Waals surface area contributed by atoms with Crippen molar-refractivity contribution in [3.63, 3.8) is 0 Å². The van der Waals surface area contributed by atoms with Crippen molar-refractivity contribution in [2.75, 3.05) is 0 Å². The molecule has 0 radical (unpaired) electrons. The molecule has 0 aliphatic heterocycles. The second-order valence-electron chi connectivity index (χ2n) is 3.47. The Morgan fingerprint density at radius 2 is 2.12 bits per heavy atom. The predicted molar refractivity (Wildman–Crippen MR) is 46.7 cm³/mol. The largest absolute Gasteiger partial charge is 0.481 e. The Kier molecular flexibility index (Phi) is 3.25. The molecule has 1 atom stereocenters. The molecule has 0 aliphatic carbocycles. The molecule has 1 aromatic rings. The number of alkyl halides is 3. The molecule has 1 heterocycles. The number of nitrogens with zero attached hydrogens (tertiary/aromatic N) is 1. The van der Waals surface area contributed by atoms with E-state index in [0.717, 1.165) is 0 Å². The summed E-state index contributed by atoms with van der Waals surface area (Å²) in [6.45, 7) is 2.74. The van der Waals surface area contributed by atoms with Crippen LogP contribution in [0, 0.1) is 12.8 Å². The van der Waals surface area contributed by atoms with E-state index in [1.54, 1.807) is 0 Å². The first-order valence-electron chi connectivity index (χ1n) is 4.48. The zero-order chi connectivity index (χ0) is 12.5. The minimum atomic E-state index is -4.64. The van der Waals surface area contributed by atoms with Gasteiger partial charge in [0.1, 0.15) is 5.76 Å². The smallest absolute Gasteiger partial charge is 0.468 e. The molecule has 0 amide bonds. The standard InChI is InChI=1S/C9H10F3NO3/c1-4(7(14)15)3-6-5(2)13-8(16-6)9(10,11)12/h4H,3H2,1-2H3,(H,14,15). The molecule has 1 rings (SSSR count). The fourth-order valence-electron chi connectivity index (χ4n) is 1.10. The lowest BCUT2D eigenvalue weighted by atomic mass is 10.1.